The molecule has 1 aliphatic rings. The molecule has 1 rings (SSSR count). The van der Waals surface area contributed by atoms with Crippen LogP contribution in [0.4, 0.5) is 0 Å². The van der Waals surface area contributed by atoms with E-state index in [2.05, 4.69) is 4.72 Å². The maximum Gasteiger partial charge on any atom is 0.279 e. The molecule has 1 atom stereocenters. The molecule has 1 saturated heterocycles. The molecule has 7 heteroatoms. The molecule has 0 bridgehead atoms. The summed E-state index contributed by atoms with van der Waals surface area (Å²) in [6.07, 6.45) is 4.48. The second kappa shape index (κ2) is 8.06. The van der Waals surface area contributed by atoms with Gasteiger partial charge in [0.05, 0.1) is 0 Å². The van der Waals surface area contributed by atoms with Crippen LogP contribution in [0.25, 0.3) is 0 Å². The SMILES string of the molecule is COCCCCNS(=O)(=O)N1CCCCC1CN. The van der Waals surface area contributed by atoms with Crippen LogP contribution in [0.1, 0.15) is 32.1 Å². The number of nitrogens with two attached hydrogens (primary N) is 1. The molecule has 0 spiro atoms. The van der Waals surface area contributed by atoms with Gasteiger partial charge in [-0.25, -0.2) is 4.72 Å². The fraction of sp³-hybridized carbons (Fsp3) is 1.00. The molecular formula is C11H25N3O3S. The van der Waals surface area contributed by atoms with E-state index in [-0.39, 0.29) is 6.04 Å². The minimum atomic E-state index is -3.37. The normalized spacial score (nSPS) is 22.2. The van der Waals surface area contributed by atoms with Crippen LogP contribution < -0.4 is 10.5 Å². The van der Waals surface area contributed by atoms with E-state index in [1.165, 1.54) is 4.31 Å². The highest BCUT2D eigenvalue weighted by Crippen LogP contribution is 2.18. The number of nitrogens with zero attached hydrogens (tertiary/aromatic N) is 1. The Balaban J connectivity index is 2.41. The summed E-state index contributed by atoms with van der Waals surface area (Å²) in [5, 5.41) is 0. The first-order chi connectivity index (χ1) is 8.61. The van der Waals surface area contributed by atoms with Crippen molar-refractivity contribution in [2.24, 2.45) is 5.73 Å². The minimum absolute atomic E-state index is 0.0461. The summed E-state index contributed by atoms with van der Waals surface area (Å²) in [5.41, 5.74) is 5.63. The number of unbranched alkanes of at least 4 members (excludes halogenated alkanes) is 1. The summed E-state index contributed by atoms with van der Waals surface area (Å²) in [7, 11) is -1.73. The molecule has 0 aliphatic carbocycles. The predicted molar refractivity (Wildman–Crippen MR) is 71.4 cm³/mol. The third kappa shape index (κ3) is 4.81. The molecule has 0 aromatic rings. The third-order valence-corrected chi connectivity index (χ3v) is 4.88. The second-order valence-corrected chi connectivity index (χ2v) is 6.30. The smallest absolute Gasteiger partial charge is 0.279 e. The van der Waals surface area contributed by atoms with Crippen LogP contribution in [0.5, 0.6) is 0 Å². The summed E-state index contributed by atoms with van der Waals surface area (Å²) in [6, 6.07) is -0.0461. The highest BCUT2D eigenvalue weighted by molar-refractivity contribution is 7.87. The van der Waals surface area contributed by atoms with Gasteiger partial charge in [-0.15, -0.1) is 0 Å². The molecule has 0 aromatic heterocycles. The molecule has 0 amide bonds. The first-order valence-corrected chi connectivity index (χ1v) is 8.01. The van der Waals surface area contributed by atoms with Gasteiger partial charge in [0.25, 0.3) is 10.2 Å². The molecule has 1 aliphatic heterocycles. The zero-order chi connectivity index (χ0) is 13.4. The van der Waals surface area contributed by atoms with Crippen molar-refractivity contribution in [2.75, 3.05) is 33.4 Å². The topological polar surface area (TPSA) is 84.7 Å². The Bertz CT molecular complexity index is 321. The molecule has 6 nitrogen and oxygen atoms in total. The zero-order valence-electron chi connectivity index (χ0n) is 11.1. The van der Waals surface area contributed by atoms with Crippen LogP contribution in [0.15, 0.2) is 0 Å². The van der Waals surface area contributed by atoms with Crippen molar-refractivity contribution >= 4 is 10.2 Å². The van der Waals surface area contributed by atoms with Crippen molar-refractivity contribution in [3.63, 3.8) is 0 Å². The van der Waals surface area contributed by atoms with Crippen molar-refractivity contribution in [1.82, 2.24) is 9.03 Å². The van der Waals surface area contributed by atoms with Crippen molar-refractivity contribution in [3.8, 4) is 0 Å². The van der Waals surface area contributed by atoms with Crippen LogP contribution in [0, 0.1) is 0 Å². The number of nitrogens with one attached hydrogen (secondary N) is 1. The van der Waals surface area contributed by atoms with Crippen LogP contribution in [0.2, 0.25) is 0 Å². The molecule has 0 saturated carbocycles. The maximum atomic E-state index is 12.1. The standard InChI is InChI=1S/C11H25N3O3S/c1-17-9-5-3-7-13-18(15,16)14-8-4-2-6-11(14)10-12/h11,13H,2-10,12H2,1H3. The Labute approximate surface area is 110 Å². The van der Waals surface area contributed by atoms with Gasteiger partial charge in [-0.3, -0.25) is 0 Å². The lowest BCUT2D eigenvalue weighted by molar-refractivity contribution is 0.193. The van der Waals surface area contributed by atoms with Crippen molar-refractivity contribution in [1.29, 1.82) is 0 Å². The average molecular weight is 279 g/mol. The molecule has 1 heterocycles. The van der Waals surface area contributed by atoms with E-state index >= 15 is 0 Å². The minimum Gasteiger partial charge on any atom is -0.385 e. The van der Waals surface area contributed by atoms with Gasteiger partial charge in [-0.1, -0.05) is 6.42 Å². The second-order valence-electron chi connectivity index (χ2n) is 4.60. The van der Waals surface area contributed by atoms with E-state index in [9.17, 15) is 8.42 Å². The van der Waals surface area contributed by atoms with Gasteiger partial charge in [0.2, 0.25) is 0 Å². The summed E-state index contributed by atoms with van der Waals surface area (Å²) in [4.78, 5) is 0. The number of hydrogen-bond donors (Lipinski definition) is 2. The van der Waals surface area contributed by atoms with Gasteiger partial charge >= 0.3 is 0 Å². The van der Waals surface area contributed by atoms with Crippen molar-refractivity contribution < 1.29 is 13.2 Å². The number of hydrogen-bond acceptors (Lipinski definition) is 4. The lowest BCUT2D eigenvalue weighted by atomic mass is 10.1. The number of ether oxygens (including phenoxy) is 1. The van der Waals surface area contributed by atoms with Crippen LogP contribution in [0.3, 0.4) is 0 Å². The fourth-order valence-corrected chi connectivity index (χ4v) is 3.70. The Hall–Kier alpha value is -0.210. The van der Waals surface area contributed by atoms with Gasteiger partial charge in [0.15, 0.2) is 0 Å². The molecule has 1 fully saturated rings. The van der Waals surface area contributed by atoms with Crippen molar-refractivity contribution in [3.05, 3.63) is 0 Å². The molecule has 1 unspecified atom stereocenters. The summed E-state index contributed by atoms with van der Waals surface area (Å²) >= 11 is 0. The van der Waals surface area contributed by atoms with Crippen LogP contribution >= 0.6 is 0 Å². The third-order valence-electron chi connectivity index (χ3n) is 3.21. The molecule has 0 aromatic carbocycles. The molecule has 0 radical (unpaired) electrons. The lowest BCUT2D eigenvalue weighted by Gasteiger charge is -2.33. The highest BCUT2D eigenvalue weighted by Gasteiger charge is 2.30. The number of methoxy groups -OCH3 is 1. The van der Waals surface area contributed by atoms with Crippen molar-refractivity contribution in [2.45, 2.75) is 38.1 Å². The van der Waals surface area contributed by atoms with E-state index in [1.807, 2.05) is 0 Å². The largest absolute Gasteiger partial charge is 0.385 e. The molecule has 3 N–H and O–H groups in total. The zero-order valence-corrected chi connectivity index (χ0v) is 11.9. The number of rotatable bonds is 8. The predicted octanol–water partition coefficient (Wildman–Crippen LogP) is 0.0606. The molecular weight excluding hydrogens is 254 g/mol. The Morgan fingerprint density at radius 1 is 1.39 bits per heavy atom. The van der Waals surface area contributed by atoms with Gasteiger partial charge in [0.1, 0.15) is 0 Å². The molecule has 18 heavy (non-hydrogen) atoms. The average Bonchev–Trinajstić information content (AvgIpc) is 2.38. The van der Waals surface area contributed by atoms with E-state index in [1.54, 1.807) is 7.11 Å². The van der Waals surface area contributed by atoms with Gasteiger partial charge in [-0.05, 0) is 25.7 Å². The fourth-order valence-electron chi connectivity index (χ4n) is 2.18. The van der Waals surface area contributed by atoms with E-state index in [0.29, 0.717) is 26.2 Å². The number of piperidine rings is 1. The Kier molecular flexibility index (Phi) is 7.10. The maximum absolute atomic E-state index is 12.1. The molecule has 108 valence electrons. The summed E-state index contributed by atoms with van der Waals surface area (Å²) in [5.74, 6) is 0. The van der Waals surface area contributed by atoms with Crippen LogP contribution in [-0.4, -0.2) is 52.1 Å². The van der Waals surface area contributed by atoms with Crippen LogP contribution in [-0.2, 0) is 14.9 Å². The summed E-state index contributed by atoms with van der Waals surface area (Å²) < 4.78 is 33.3. The first-order valence-electron chi connectivity index (χ1n) is 6.57. The highest BCUT2D eigenvalue weighted by atomic mass is 32.2. The monoisotopic (exact) mass is 279 g/mol. The quantitative estimate of drug-likeness (QED) is 0.615. The van der Waals surface area contributed by atoms with E-state index < -0.39 is 10.2 Å². The first kappa shape index (κ1) is 15.8. The van der Waals surface area contributed by atoms with Gasteiger partial charge in [0, 0.05) is 39.4 Å². The Morgan fingerprint density at radius 3 is 2.83 bits per heavy atom. The van der Waals surface area contributed by atoms with Gasteiger partial charge in [-0.2, -0.15) is 12.7 Å². The van der Waals surface area contributed by atoms with Gasteiger partial charge < -0.3 is 10.5 Å². The van der Waals surface area contributed by atoms with E-state index in [0.717, 1.165) is 32.1 Å². The Morgan fingerprint density at radius 2 is 2.17 bits per heavy atom. The van der Waals surface area contributed by atoms with E-state index in [4.69, 9.17) is 10.5 Å². The summed E-state index contributed by atoms with van der Waals surface area (Å²) in [6.45, 7) is 2.09. The lowest BCUT2D eigenvalue weighted by Crippen LogP contribution is -2.51.